The Labute approximate surface area is 168 Å². The highest BCUT2D eigenvalue weighted by Crippen LogP contribution is 2.39. The van der Waals surface area contributed by atoms with Crippen LogP contribution in [-0.4, -0.2) is 59.0 Å². The average molecular weight is 385 g/mol. The molecule has 5 nitrogen and oxygen atoms in total. The standard InChI is InChI=1S/C23H32N2O3/c1-4-20(27)24-14-11-23(12-15-24,18-8-6-5-7-9-18)21(28)25-13-10-19(26)16-22(2,3)17-25/h4-9,19,26H,1,10-17H2,2-3H3. The maximum Gasteiger partial charge on any atom is 0.245 e. The number of likely N-dealkylation sites (tertiary alicyclic amines) is 2. The zero-order valence-electron chi connectivity index (χ0n) is 17.1. The molecule has 152 valence electrons. The van der Waals surface area contributed by atoms with Crippen molar-refractivity contribution < 1.29 is 14.7 Å². The number of carbonyl (C=O) groups is 2. The van der Waals surface area contributed by atoms with E-state index >= 15 is 0 Å². The summed E-state index contributed by atoms with van der Waals surface area (Å²) in [6.45, 7) is 10.1. The monoisotopic (exact) mass is 384 g/mol. The lowest BCUT2D eigenvalue weighted by Gasteiger charge is -2.44. The maximum absolute atomic E-state index is 13.9. The zero-order valence-corrected chi connectivity index (χ0v) is 17.1. The second-order valence-corrected chi connectivity index (χ2v) is 9.02. The number of carbonyl (C=O) groups excluding carboxylic acids is 2. The van der Waals surface area contributed by atoms with E-state index in [9.17, 15) is 14.7 Å². The first-order valence-corrected chi connectivity index (χ1v) is 10.2. The van der Waals surface area contributed by atoms with Crippen molar-refractivity contribution in [1.29, 1.82) is 0 Å². The van der Waals surface area contributed by atoms with Gasteiger partial charge >= 0.3 is 0 Å². The molecule has 0 bridgehead atoms. The van der Waals surface area contributed by atoms with Crippen LogP contribution in [0.3, 0.4) is 0 Å². The van der Waals surface area contributed by atoms with Crippen LogP contribution in [0.5, 0.6) is 0 Å². The highest BCUT2D eigenvalue weighted by molar-refractivity contribution is 5.90. The maximum atomic E-state index is 13.9. The molecule has 2 amide bonds. The van der Waals surface area contributed by atoms with Gasteiger partial charge in [-0.3, -0.25) is 9.59 Å². The van der Waals surface area contributed by atoms with Crippen LogP contribution in [0.15, 0.2) is 43.0 Å². The number of piperidine rings is 1. The van der Waals surface area contributed by atoms with Crippen molar-refractivity contribution in [2.24, 2.45) is 5.41 Å². The topological polar surface area (TPSA) is 60.9 Å². The molecule has 0 aromatic heterocycles. The lowest BCUT2D eigenvalue weighted by Crippen LogP contribution is -2.54. The number of nitrogens with zero attached hydrogens (tertiary/aromatic N) is 2. The van der Waals surface area contributed by atoms with Crippen LogP contribution < -0.4 is 0 Å². The minimum Gasteiger partial charge on any atom is -0.393 e. The molecule has 2 saturated heterocycles. The molecule has 2 aliphatic heterocycles. The fourth-order valence-corrected chi connectivity index (χ4v) is 4.80. The smallest absolute Gasteiger partial charge is 0.245 e. The number of amides is 2. The summed E-state index contributed by atoms with van der Waals surface area (Å²) in [4.78, 5) is 29.7. The Morgan fingerprint density at radius 2 is 1.75 bits per heavy atom. The second kappa shape index (κ2) is 8.08. The van der Waals surface area contributed by atoms with Gasteiger partial charge in [0, 0.05) is 26.2 Å². The highest BCUT2D eigenvalue weighted by atomic mass is 16.3. The van der Waals surface area contributed by atoms with Gasteiger partial charge < -0.3 is 14.9 Å². The van der Waals surface area contributed by atoms with Gasteiger partial charge in [0.1, 0.15) is 0 Å². The molecule has 0 spiro atoms. The number of aliphatic hydroxyl groups excluding tert-OH is 1. The van der Waals surface area contributed by atoms with Gasteiger partial charge in [0.25, 0.3) is 0 Å². The zero-order chi connectivity index (χ0) is 20.4. The number of benzene rings is 1. The molecule has 1 atom stereocenters. The molecule has 0 aliphatic carbocycles. The fourth-order valence-electron chi connectivity index (χ4n) is 4.80. The van der Waals surface area contributed by atoms with E-state index in [1.54, 1.807) is 4.90 Å². The Balaban J connectivity index is 1.91. The fraction of sp³-hybridized carbons (Fsp3) is 0.565. The number of hydrogen-bond acceptors (Lipinski definition) is 3. The van der Waals surface area contributed by atoms with Crippen molar-refractivity contribution in [2.45, 2.75) is 51.0 Å². The molecule has 0 radical (unpaired) electrons. The van der Waals surface area contributed by atoms with E-state index in [1.807, 2.05) is 35.2 Å². The van der Waals surface area contributed by atoms with E-state index in [0.29, 0.717) is 51.9 Å². The van der Waals surface area contributed by atoms with Crippen LogP contribution in [0.4, 0.5) is 0 Å². The van der Waals surface area contributed by atoms with E-state index in [-0.39, 0.29) is 23.3 Å². The molecule has 1 aromatic rings. The minimum absolute atomic E-state index is 0.0758. The summed E-state index contributed by atoms with van der Waals surface area (Å²) in [5.74, 6) is 0.0553. The second-order valence-electron chi connectivity index (χ2n) is 9.02. The molecule has 0 saturated carbocycles. The first-order chi connectivity index (χ1) is 13.3. The first kappa shape index (κ1) is 20.6. The summed E-state index contributed by atoms with van der Waals surface area (Å²) >= 11 is 0. The Morgan fingerprint density at radius 3 is 2.36 bits per heavy atom. The quantitative estimate of drug-likeness (QED) is 0.815. The van der Waals surface area contributed by atoms with E-state index in [1.165, 1.54) is 6.08 Å². The van der Waals surface area contributed by atoms with Gasteiger partial charge in [-0.25, -0.2) is 0 Å². The van der Waals surface area contributed by atoms with E-state index < -0.39 is 5.41 Å². The third-order valence-corrected chi connectivity index (χ3v) is 6.27. The molecule has 28 heavy (non-hydrogen) atoms. The Kier molecular flexibility index (Phi) is 5.94. The van der Waals surface area contributed by atoms with Crippen molar-refractivity contribution >= 4 is 11.8 Å². The molecule has 3 rings (SSSR count). The van der Waals surface area contributed by atoms with Crippen LogP contribution in [0.1, 0.15) is 45.1 Å². The van der Waals surface area contributed by atoms with Gasteiger partial charge in [0.2, 0.25) is 11.8 Å². The number of hydrogen-bond donors (Lipinski definition) is 1. The number of rotatable bonds is 3. The minimum atomic E-state index is -0.620. The van der Waals surface area contributed by atoms with Gasteiger partial charge in [0.05, 0.1) is 11.5 Å². The van der Waals surface area contributed by atoms with E-state index in [2.05, 4.69) is 20.4 Å². The molecule has 2 fully saturated rings. The predicted octanol–water partition coefficient (Wildman–Crippen LogP) is 2.74. The van der Waals surface area contributed by atoms with Crippen LogP contribution >= 0.6 is 0 Å². The van der Waals surface area contributed by atoms with E-state index in [0.717, 1.165) is 5.56 Å². The summed E-state index contributed by atoms with van der Waals surface area (Å²) in [5.41, 5.74) is 0.279. The molecule has 1 aromatic carbocycles. The van der Waals surface area contributed by atoms with Crippen LogP contribution in [0, 0.1) is 5.41 Å². The van der Waals surface area contributed by atoms with Crippen molar-refractivity contribution in [1.82, 2.24) is 9.80 Å². The molecular weight excluding hydrogens is 352 g/mol. The molecule has 1 unspecified atom stereocenters. The van der Waals surface area contributed by atoms with Crippen LogP contribution in [-0.2, 0) is 15.0 Å². The van der Waals surface area contributed by atoms with Gasteiger partial charge in [-0.05, 0) is 42.7 Å². The summed E-state index contributed by atoms with van der Waals surface area (Å²) in [6, 6.07) is 9.97. The number of aliphatic hydroxyl groups is 1. The predicted molar refractivity (Wildman–Crippen MR) is 110 cm³/mol. The van der Waals surface area contributed by atoms with Gasteiger partial charge in [-0.2, -0.15) is 0 Å². The van der Waals surface area contributed by atoms with Gasteiger partial charge in [-0.1, -0.05) is 50.8 Å². The highest BCUT2D eigenvalue weighted by Gasteiger charge is 2.46. The molecule has 1 N–H and O–H groups in total. The van der Waals surface area contributed by atoms with Gasteiger partial charge in [-0.15, -0.1) is 0 Å². The van der Waals surface area contributed by atoms with Crippen molar-refractivity contribution in [3.05, 3.63) is 48.6 Å². The Hall–Kier alpha value is -2.14. The normalized spacial score (nSPS) is 24.3. The average Bonchev–Trinajstić information content (AvgIpc) is 2.84. The molecule has 5 heteroatoms. The van der Waals surface area contributed by atoms with Gasteiger partial charge in [0.15, 0.2) is 0 Å². The largest absolute Gasteiger partial charge is 0.393 e. The Bertz CT molecular complexity index is 721. The van der Waals surface area contributed by atoms with Crippen molar-refractivity contribution in [3.8, 4) is 0 Å². The van der Waals surface area contributed by atoms with Crippen LogP contribution in [0.2, 0.25) is 0 Å². The van der Waals surface area contributed by atoms with Crippen LogP contribution in [0.25, 0.3) is 0 Å². The molecule has 2 aliphatic rings. The molecular formula is C23H32N2O3. The summed E-state index contributed by atoms with van der Waals surface area (Å²) in [5, 5.41) is 10.2. The summed E-state index contributed by atoms with van der Waals surface area (Å²) < 4.78 is 0. The Morgan fingerprint density at radius 1 is 1.11 bits per heavy atom. The summed E-state index contributed by atoms with van der Waals surface area (Å²) in [7, 11) is 0. The lowest BCUT2D eigenvalue weighted by molar-refractivity contribution is -0.142. The lowest BCUT2D eigenvalue weighted by atomic mass is 9.71. The SMILES string of the molecule is C=CC(=O)N1CCC(C(=O)N2CCC(O)CC(C)(C)C2)(c2ccccc2)CC1. The summed E-state index contributed by atoms with van der Waals surface area (Å²) in [6.07, 6.45) is 3.50. The van der Waals surface area contributed by atoms with E-state index in [4.69, 9.17) is 0 Å². The first-order valence-electron chi connectivity index (χ1n) is 10.2. The third-order valence-electron chi connectivity index (χ3n) is 6.27. The van der Waals surface area contributed by atoms with Crippen molar-refractivity contribution in [3.63, 3.8) is 0 Å². The molecule has 2 heterocycles. The third kappa shape index (κ3) is 4.14. The van der Waals surface area contributed by atoms with Crippen molar-refractivity contribution in [2.75, 3.05) is 26.2 Å².